The molecule has 0 atom stereocenters. The second-order valence-electron chi connectivity index (χ2n) is 6.81. The molecule has 1 aliphatic rings. The van der Waals surface area contributed by atoms with Crippen LogP contribution in [0.15, 0.2) is 72.8 Å². The number of rotatable bonds is 7. The molecule has 1 heterocycles. The summed E-state index contributed by atoms with van der Waals surface area (Å²) < 4.78 is 21.0. The van der Waals surface area contributed by atoms with Gasteiger partial charge in [-0.2, -0.15) is 0 Å². The number of ketones is 1. The normalized spacial score (nSPS) is 12.0. The molecule has 6 heteroatoms. The summed E-state index contributed by atoms with van der Waals surface area (Å²) in [7, 11) is 1.35. The predicted molar refractivity (Wildman–Crippen MR) is 114 cm³/mol. The molecular formula is C25H20O6. The third kappa shape index (κ3) is 4.93. The first-order chi connectivity index (χ1) is 15.1. The van der Waals surface area contributed by atoms with E-state index in [9.17, 15) is 9.59 Å². The lowest BCUT2D eigenvalue weighted by Gasteiger charge is -2.07. The predicted octanol–water partition coefficient (Wildman–Crippen LogP) is 4.68. The summed E-state index contributed by atoms with van der Waals surface area (Å²) >= 11 is 0. The largest absolute Gasteiger partial charge is 0.489 e. The summed E-state index contributed by atoms with van der Waals surface area (Å²) in [5.41, 5.74) is 2.85. The number of benzene rings is 3. The van der Waals surface area contributed by atoms with E-state index in [-0.39, 0.29) is 18.5 Å². The molecule has 6 nitrogen and oxygen atoms in total. The molecule has 0 aliphatic carbocycles. The molecule has 31 heavy (non-hydrogen) atoms. The van der Waals surface area contributed by atoms with Crippen LogP contribution >= 0.6 is 0 Å². The molecule has 0 unspecified atom stereocenters. The van der Waals surface area contributed by atoms with Crippen molar-refractivity contribution in [2.24, 2.45) is 0 Å². The summed E-state index contributed by atoms with van der Waals surface area (Å²) in [5, 5.41) is 0. The number of esters is 1. The summed E-state index contributed by atoms with van der Waals surface area (Å²) in [6.07, 6.45) is 3.28. The molecule has 0 bridgehead atoms. The van der Waals surface area contributed by atoms with Crippen LogP contribution in [0, 0.1) is 0 Å². The van der Waals surface area contributed by atoms with Crippen molar-refractivity contribution in [2.45, 2.75) is 6.61 Å². The lowest BCUT2D eigenvalue weighted by atomic mass is 10.1. The number of methoxy groups -OCH3 is 1. The van der Waals surface area contributed by atoms with Gasteiger partial charge in [-0.1, -0.05) is 30.3 Å². The van der Waals surface area contributed by atoms with Crippen molar-refractivity contribution >= 4 is 17.8 Å². The molecule has 0 saturated carbocycles. The first kappa shape index (κ1) is 20.2. The van der Waals surface area contributed by atoms with Gasteiger partial charge in [0.2, 0.25) is 6.79 Å². The van der Waals surface area contributed by atoms with Gasteiger partial charge in [-0.3, -0.25) is 4.79 Å². The molecule has 0 amide bonds. The molecule has 156 valence electrons. The zero-order chi connectivity index (χ0) is 21.6. The number of ether oxygens (including phenoxy) is 4. The average molecular weight is 416 g/mol. The average Bonchev–Trinajstić information content (AvgIpc) is 3.29. The van der Waals surface area contributed by atoms with Crippen LogP contribution in [0.2, 0.25) is 0 Å². The van der Waals surface area contributed by atoms with E-state index in [0.717, 1.165) is 11.1 Å². The monoisotopic (exact) mass is 416 g/mol. The molecule has 0 saturated heterocycles. The molecule has 0 N–H and O–H groups in total. The highest BCUT2D eigenvalue weighted by atomic mass is 16.7. The van der Waals surface area contributed by atoms with Gasteiger partial charge in [-0.15, -0.1) is 0 Å². The summed E-state index contributed by atoms with van der Waals surface area (Å²) in [5.74, 6) is 1.45. The zero-order valence-corrected chi connectivity index (χ0v) is 16.9. The van der Waals surface area contributed by atoms with Crippen LogP contribution in [-0.4, -0.2) is 25.7 Å². The van der Waals surface area contributed by atoms with Crippen LogP contribution in [0.25, 0.3) is 6.08 Å². The summed E-state index contributed by atoms with van der Waals surface area (Å²) in [4.78, 5) is 23.9. The maximum atomic E-state index is 12.4. The minimum atomic E-state index is -0.367. The van der Waals surface area contributed by atoms with E-state index < -0.39 is 0 Å². The highest BCUT2D eigenvalue weighted by molar-refractivity contribution is 6.07. The van der Waals surface area contributed by atoms with Crippen LogP contribution < -0.4 is 14.2 Å². The topological polar surface area (TPSA) is 71.1 Å². The third-order valence-electron chi connectivity index (χ3n) is 4.74. The maximum Gasteiger partial charge on any atom is 0.337 e. The fraction of sp³-hybridized carbons (Fsp3) is 0.120. The molecule has 0 radical (unpaired) electrons. The quantitative estimate of drug-likeness (QED) is 0.317. The summed E-state index contributed by atoms with van der Waals surface area (Å²) in [6, 6.07) is 19.6. The molecule has 1 aliphatic heterocycles. The fourth-order valence-electron chi connectivity index (χ4n) is 3.01. The van der Waals surface area contributed by atoms with Crippen LogP contribution in [0.1, 0.15) is 31.8 Å². The highest BCUT2D eigenvalue weighted by Gasteiger charge is 2.15. The second-order valence-corrected chi connectivity index (χ2v) is 6.81. The van der Waals surface area contributed by atoms with Gasteiger partial charge in [0.15, 0.2) is 17.3 Å². The molecule has 3 aromatic carbocycles. The van der Waals surface area contributed by atoms with Gasteiger partial charge in [-0.25, -0.2) is 4.79 Å². The Balaban J connectivity index is 1.32. The number of fused-ring (bicyclic) bond motifs is 1. The van der Waals surface area contributed by atoms with Gasteiger partial charge in [0.1, 0.15) is 12.4 Å². The van der Waals surface area contributed by atoms with Gasteiger partial charge in [0.25, 0.3) is 0 Å². The Morgan fingerprint density at radius 3 is 2.35 bits per heavy atom. The van der Waals surface area contributed by atoms with Crippen LogP contribution in [0.5, 0.6) is 17.2 Å². The smallest absolute Gasteiger partial charge is 0.337 e. The first-order valence-electron chi connectivity index (χ1n) is 9.64. The molecule has 0 spiro atoms. The standard InChI is InChI=1S/C25H20O6/c1-28-25(27)19-7-2-18(3-8-19)15-29-21-10-4-17(5-11-21)6-12-22(26)20-9-13-23-24(14-20)31-16-30-23/h2-14H,15-16H2,1H3. The van der Waals surface area contributed by atoms with Gasteiger partial charge < -0.3 is 18.9 Å². The van der Waals surface area contributed by atoms with Crippen molar-refractivity contribution < 1.29 is 28.5 Å². The molecule has 3 aromatic rings. The SMILES string of the molecule is COC(=O)c1ccc(COc2ccc(C=CC(=O)c3ccc4c(c3)OCO4)cc2)cc1. The minimum Gasteiger partial charge on any atom is -0.489 e. The number of hydrogen-bond acceptors (Lipinski definition) is 6. The van der Waals surface area contributed by atoms with Crippen LogP contribution in [-0.2, 0) is 11.3 Å². The highest BCUT2D eigenvalue weighted by Crippen LogP contribution is 2.32. The van der Waals surface area contributed by atoms with Crippen molar-refractivity contribution in [1.29, 1.82) is 0 Å². The van der Waals surface area contributed by atoms with Crippen molar-refractivity contribution in [3.05, 3.63) is 95.1 Å². The Morgan fingerprint density at radius 1 is 0.903 bits per heavy atom. The van der Waals surface area contributed by atoms with Crippen molar-refractivity contribution in [1.82, 2.24) is 0 Å². The maximum absolute atomic E-state index is 12.4. The summed E-state index contributed by atoms with van der Waals surface area (Å²) in [6.45, 7) is 0.551. The zero-order valence-electron chi connectivity index (χ0n) is 16.9. The number of hydrogen-bond donors (Lipinski definition) is 0. The first-order valence-corrected chi connectivity index (χ1v) is 9.64. The number of carbonyl (C=O) groups is 2. The van der Waals surface area contributed by atoms with Crippen LogP contribution in [0.3, 0.4) is 0 Å². The minimum absolute atomic E-state index is 0.117. The van der Waals surface area contributed by atoms with Crippen molar-refractivity contribution in [3.63, 3.8) is 0 Å². The lowest BCUT2D eigenvalue weighted by Crippen LogP contribution is -2.01. The molecule has 4 rings (SSSR count). The lowest BCUT2D eigenvalue weighted by molar-refractivity contribution is 0.0600. The Labute approximate surface area is 179 Å². The molecule has 0 fully saturated rings. The van der Waals surface area contributed by atoms with Gasteiger partial charge in [0, 0.05) is 5.56 Å². The van der Waals surface area contributed by atoms with Gasteiger partial charge in [-0.05, 0) is 59.7 Å². The van der Waals surface area contributed by atoms with E-state index in [1.54, 1.807) is 36.4 Å². The van der Waals surface area contributed by atoms with Gasteiger partial charge in [0.05, 0.1) is 12.7 Å². The van der Waals surface area contributed by atoms with E-state index in [1.807, 2.05) is 36.4 Å². The Morgan fingerprint density at radius 2 is 1.61 bits per heavy atom. The van der Waals surface area contributed by atoms with Crippen molar-refractivity contribution in [2.75, 3.05) is 13.9 Å². The van der Waals surface area contributed by atoms with Crippen LogP contribution in [0.4, 0.5) is 0 Å². The third-order valence-corrected chi connectivity index (χ3v) is 4.74. The van der Waals surface area contributed by atoms with E-state index in [0.29, 0.717) is 35.0 Å². The second kappa shape index (κ2) is 9.17. The Hall–Kier alpha value is -4.06. The van der Waals surface area contributed by atoms with E-state index in [1.165, 1.54) is 13.2 Å². The van der Waals surface area contributed by atoms with Crippen molar-refractivity contribution in [3.8, 4) is 17.2 Å². The fourth-order valence-corrected chi connectivity index (χ4v) is 3.01. The molecular weight excluding hydrogens is 396 g/mol. The van der Waals surface area contributed by atoms with E-state index >= 15 is 0 Å². The Bertz CT molecular complexity index is 1110. The Kier molecular flexibility index (Phi) is 5.98. The molecule has 0 aromatic heterocycles. The number of allylic oxidation sites excluding steroid dienone is 1. The number of carbonyl (C=O) groups excluding carboxylic acids is 2. The van der Waals surface area contributed by atoms with Gasteiger partial charge >= 0.3 is 5.97 Å². The van der Waals surface area contributed by atoms with E-state index in [4.69, 9.17) is 14.2 Å². The van der Waals surface area contributed by atoms with E-state index in [2.05, 4.69) is 4.74 Å².